The molecule has 0 saturated heterocycles. The summed E-state index contributed by atoms with van der Waals surface area (Å²) in [6, 6.07) is 5.24. The van der Waals surface area contributed by atoms with Gasteiger partial charge in [0.25, 0.3) is 5.69 Å². The van der Waals surface area contributed by atoms with Gasteiger partial charge in [-0.2, -0.15) is 0 Å². The molecule has 0 saturated carbocycles. The lowest BCUT2D eigenvalue weighted by Crippen LogP contribution is -2.29. The number of hydrogen-bond acceptors (Lipinski definition) is 3. The van der Waals surface area contributed by atoms with Gasteiger partial charge < -0.3 is 5.32 Å². The number of nitrogens with zero attached hydrogens (tertiary/aromatic N) is 1. The third kappa shape index (κ3) is 4.31. The number of nitro benzene ring substituents is 1. The van der Waals surface area contributed by atoms with E-state index in [1.54, 1.807) is 12.1 Å². The summed E-state index contributed by atoms with van der Waals surface area (Å²) in [4.78, 5) is 10.5. The highest BCUT2D eigenvalue weighted by Crippen LogP contribution is 2.25. The van der Waals surface area contributed by atoms with Crippen molar-refractivity contribution in [3.8, 4) is 0 Å². The van der Waals surface area contributed by atoms with Crippen molar-refractivity contribution in [3.05, 3.63) is 39.4 Å². The molecular formula is C15H24N2O2. The summed E-state index contributed by atoms with van der Waals surface area (Å²) in [5, 5.41) is 14.3. The molecule has 0 radical (unpaired) electrons. The van der Waals surface area contributed by atoms with Crippen LogP contribution < -0.4 is 5.32 Å². The van der Waals surface area contributed by atoms with Gasteiger partial charge in [-0.1, -0.05) is 39.8 Å². The van der Waals surface area contributed by atoms with Crippen LogP contribution in [0.5, 0.6) is 0 Å². The predicted molar refractivity (Wildman–Crippen MR) is 78.2 cm³/mol. The summed E-state index contributed by atoms with van der Waals surface area (Å²) < 4.78 is 0. The van der Waals surface area contributed by atoms with E-state index in [4.69, 9.17) is 0 Å². The third-order valence-electron chi connectivity index (χ3n) is 3.86. The third-order valence-corrected chi connectivity index (χ3v) is 3.86. The number of nitro groups is 1. The average Bonchev–Trinajstić information content (AvgIpc) is 2.29. The van der Waals surface area contributed by atoms with Gasteiger partial charge in [-0.25, -0.2) is 0 Å². The first-order chi connectivity index (χ1) is 8.73. The van der Waals surface area contributed by atoms with E-state index < -0.39 is 0 Å². The molecule has 4 heteroatoms. The Labute approximate surface area is 115 Å². The van der Waals surface area contributed by atoms with Crippen LogP contribution in [0.15, 0.2) is 18.2 Å². The van der Waals surface area contributed by atoms with Crippen molar-refractivity contribution in [3.63, 3.8) is 0 Å². The Bertz CT molecular complexity index is 450. The van der Waals surface area contributed by atoms with E-state index in [1.807, 2.05) is 13.0 Å². The Kier molecular flexibility index (Phi) is 5.06. The van der Waals surface area contributed by atoms with Crippen LogP contribution in [0.4, 0.5) is 5.69 Å². The zero-order valence-electron chi connectivity index (χ0n) is 12.5. The van der Waals surface area contributed by atoms with Gasteiger partial charge in [-0.15, -0.1) is 0 Å². The first-order valence-corrected chi connectivity index (χ1v) is 6.67. The standard InChI is InChI=1S/C15H24N2O2/c1-11(15(3,4)5)9-16-10-13-7-6-8-14(12(13)2)17(18)19/h6-8,11,16H,9-10H2,1-5H3. The number of rotatable bonds is 5. The SMILES string of the molecule is Cc1c(CNCC(C)C(C)(C)C)cccc1[N+](=O)[O-]. The first-order valence-electron chi connectivity index (χ1n) is 6.67. The van der Waals surface area contributed by atoms with Crippen molar-refractivity contribution >= 4 is 5.69 Å². The maximum Gasteiger partial charge on any atom is 0.272 e. The van der Waals surface area contributed by atoms with E-state index in [-0.39, 0.29) is 16.0 Å². The van der Waals surface area contributed by atoms with Crippen LogP contribution in [0.1, 0.15) is 38.8 Å². The zero-order valence-corrected chi connectivity index (χ0v) is 12.5. The molecule has 1 aromatic rings. The summed E-state index contributed by atoms with van der Waals surface area (Å²) in [7, 11) is 0. The van der Waals surface area contributed by atoms with Gasteiger partial charge in [-0.3, -0.25) is 10.1 Å². The Morgan fingerprint density at radius 2 is 2.00 bits per heavy atom. The van der Waals surface area contributed by atoms with Gasteiger partial charge in [0.15, 0.2) is 0 Å². The Hall–Kier alpha value is -1.42. The van der Waals surface area contributed by atoms with Crippen LogP contribution in [0, 0.1) is 28.4 Å². The quantitative estimate of drug-likeness (QED) is 0.652. The Morgan fingerprint density at radius 1 is 1.37 bits per heavy atom. The normalized spacial score (nSPS) is 13.3. The van der Waals surface area contributed by atoms with E-state index >= 15 is 0 Å². The fourth-order valence-electron chi connectivity index (χ4n) is 1.79. The molecule has 0 aliphatic heterocycles. The van der Waals surface area contributed by atoms with Crippen LogP contribution in [0.2, 0.25) is 0 Å². The second-order valence-electron chi connectivity index (χ2n) is 6.22. The molecule has 1 rings (SSSR count). The summed E-state index contributed by atoms with van der Waals surface area (Å²) in [6.45, 7) is 12.3. The second kappa shape index (κ2) is 6.15. The van der Waals surface area contributed by atoms with Crippen LogP contribution >= 0.6 is 0 Å². The van der Waals surface area contributed by atoms with E-state index in [0.717, 1.165) is 17.7 Å². The largest absolute Gasteiger partial charge is 0.312 e. The molecule has 0 spiro atoms. The van der Waals surface area contributed by atoms with E-state index in [0.29, 0.717) is 12.5 Å². The molecule has 4 nitrogen and oxygen atoms in total. The fraction of sp³-hybridized carbons (Fsp3) is 0.600. The summed E-state index contributed by atoms with van der Waals surface area (Å²) in [5.74, 6) is 0.548. The van der Waals surface area contributed by atoms with Crippen LogP contribution in [0.25, 0.3) is 0 Å². The van der Waals surface area contributed by atoms with Crippen LogP contribution in [-0.4, -0.2) is 11.5 Å². The molecule has 0 fully saturated rings. The number of benzene rings is 1. The first kappa shape index (κ1) is 15.6. The lowest BCUT2D eigenvalue weighted by molar-refractivity contribution is -0.385. The molecule has 106 valence electrons. The van der Waals surface area contributed by atoms with Gasteiger partial charge >= 0.3 is 0 Å². The van der Waals surface area contributed by atoms with Gasteiger partial charge in [0.2, 0.25) is 0 Å². The molecule has 0 bridgehead atoms. The second-order valence-corrected chi connectivity index (χ2v) is 6.22. The molecule has 0 amide bonds. The highest BCUT2D eigenvalue weighted by atomic mass is 16.6. The van der Waals surface area contributed by atoms with Crippen molar-refractivity contribution in [1.29, 1.82) is 0 Å². The van der Waals surface area contributed by atoms with Crippen LogP contribution in [-0.2, 0) is 6.54 Å². The minimum atomic E-state index is -0.323. The van der Waals surface area contributed by atoms with Crippen molar-refractivity contribution < 1.29 is 4.92 Å². The predicted octanol–water partition coefficient (Wildman–Crippen LogP) is 3.68. The molecule has 0 heterocycles. The van der Waals surface area contributed by atoms with Gasteiger partial charge in [-0.05, 0) is 30.4 Å². The van der Waals surface area contributed by atoms with E-state index in [1.165, 1.54) is 0 Å². The van der Waals surface area contributed by atoms with E-state index in [2.05, 4.69) is 33.0 Å². The maximum atomic E-state index is 10.9. The van der Waals surface area contributed by atoms with Gasteiger partial charge in [0.1, 0.15) is 0 Å². The van der Waals surface area contributed by atoms with Crippen molar-refractivity contribution in [2.45, 2.75) is 41.2 Å². The molecule has 0 aliphatic rings. The smallest absolute Gasteiger partial charge is 0.272 e. The Morgan fingerprint density at radius 3 is 2.53 bits per heavy atom. The molecule has 1 aromatic carbocycles. The van der Waals surface area contributed by atoms with E-state index in [9.17, 15) is 10.1 Å². The zero-order chi connectivity index (χ0) is 14.6. The van der Waals surface area contributed by atoms with Gasteiger partial charge in [0.05, 0.1) is 4.92 Å². The topological polar surface area (TPSA) is 55.2 Å². The van der Waals surface area contributed by atoms with Crippen molar-refractivity contribution in [1.82, 2.24) is 5.32 Å². The van der Waals surface area contributed by atoms with Crippen molar-refractivity contribution in [2.75, 3.05) is 6.54 Å². The molecule has 19 heavy (non-hydrogen) atoms. The number of hydrogen-bond donors (Lipinski definition) is 1. The average molecular weight is 264 g/mol. The fourth-order valence-corrected chi connectivity index (χ4v) is 1.79. The minimum absolute atomic E-state index is 0.197. The molecule has 0 aromatic heterocycles. The molecule has 1 unspecified atom stereocenters. The summed E-state index contributed by atoms with van der Waals surface area (Å²) >= 11 is 0. The molecule has 1 N–H and O–H groups in total. The molecule has 0 aliphatic carbocycles. The van der Waals surface area contributed by atoms with Crippen molar-refractivity contribution in [2.24, 2.45) is 11.3 Å². The minimum Gasteiger partial charge on any atom is -0.312 e. The molecule has 1 atom stereocenters. The Balaban J connectivity index is 2.64. The highest BCUT2D eigenvalue weighted by molar-refractivity contribution is 5.44. The molecular weight excluding hydrogens is 240 g/mol. The maximum absolute atomic E-state index is 10.9. The summed E-state index contributed by atoms with van der Waals surface area (Å²) in [5.41, 5.74) is 2.21. The number of nitrogens with one attached hydrogen (secondary N) is 1. The van der Waals surface area contributed by atoms with Crippen LogP contribution in [0.3, 0.4) is 0 Å². The monoisotopic (exact) mass is 264 g/mol. The lowest BCUT2D eigenvalue weighted by atomic mass is 9.82. The lowest BCUT2D eigenvalue weighted by Gasteiger charge is -2.27. The van der Waals surface area contributed by atoms with Gasteiger partial charge in [0, 0.05) is 18.2 Å². The highest BCUT2D eigenvalue weighted by Gasteiger charge is 2.19. The summed E-state index contributed by atoms with van der Waals surface area (Å²) in [6.07, 6.45) is 0.